The van der Waals surface area contributed by atoms with Crippen molar-refractivity contribution in [3.63, 3.8) is 0 Å². The number of carbonyl (C=O) groups excluding carboxylic acids is 2. The average Bonchev–Trinajstić information content (AvgIpc) is 3.23. The van der Waals surface area contributed by atoms with E-state index in [-0.39, 0.29) is 30.5 Å². The zero-order valence-electron chi connectivity index (χ0n) is 13.9. The van der Waals surface area contributed by atoms with Crippen molar-refractivity contribution in [1.29, 1.82) is 0 Å². The molecule has 2 aromatic rings. The van der Waals surface area contributed by atoms with Gasteiger partial charge in [-0.15, -0.1) is 0 Å². The van der Waals surface area contributed by atoms with Crippen molar-refractivity contribution in [3.05, 3.63) is 42.4 Å². The fourth-order valence-electron chi connectivity index (χ4n) is 2.28. The molecule has 0 fully saturated rings. The average molecular weight is 354 g/mol. The van der Waals surface area contributed by atoms with Gasteiger partial charge >= 0.3 is 6.55 Å². The van der Waals surface area contributed by atoms with E-state index in [1.807, 2.05) is 0 Å². The minimum Gasteiger partial charge on any atom is -0.459 e. The van der Waals surface area contributed by atoms with Gasteiger partial charge in [-0.3, -0.25) is 14.2 Å². The first-order chi connectivity index (χ1) is 11.9. The number of halogens is 2. The molecular formula is C16H20F2N4O3. The van der Waals surface area contributed by atoms with Gasteiger partial charge in [-0.05, 0) is 18.1 Å². The quantitative estimate of drug-likeness (QED) is 0.759. The van der Waals surface area contributed by atoms with E-state index in [1.54, 1.807) is 19.9 Å². The lowest BCUT2D eigenvalue weighted by Gasteiger charge is -2.21. The molecule has 1 atom stereocenters. The lowest BCUT2D eigenvalue weighted by Crippen LogP contribution is -2.50. The number of carbonyl (C=O) groups is 2. The number of alkyl halides is 2. The number of furan rings is 1. The lowest BCUT2D eigenvalue weighted by molar-refractivity contribution is -0.123. The van der Waals surface area contributed by atoms with Crippen molar-refractivity contribution in [2.75, 3.05) is 6.54 Å². The summed E-state index contributed by atoms with van der Waals surface area (Å²) in [6.45, 7) is 1.03. The van der Waals surface area contributed by atoms with Crippen LogP contribution in [0.3, 0.4) is 0 Å². The summed E-state index contributed by atoms with van der Waals surface area (Å²) in [5, 5.41) is 5.24. The molecule has 0 radical (unpaired) electrons. The van der Waals surface area contributed by atoms with Crippen molar-refractivity contribution in [2.45, 2.75) is 32.9 Å². The molecule has 2 heterocycles. The SMILES string of the molecule is CC(C)C(NC(=O)c1ccco1)C(=O)NCCc1nccn1C(F)F. The Bertz CT molecular complexity index is 698. The second-order valence-corrected chi connectivity index (χ2v) is 5.74. The predicted molar refractivity (Wildman–Crippen MR) is 85.0 cm³/mol. The minimum atomic E-state index is -2.68. The van der Waals surface area contributed by atoms with E-state index >= 15 is 0 Å². The standard InChI is InChI=1S/C16H20F2N4O3/c1-10(2)13(21-14(23)11-4-3-9-25-11)15(24)20-6-5-12-19-7-8-22(12)16(17)18/h3-4,7-10,13,16H,5-6H2,1-2H3,(H,20,24)(H,21,23). The van der Waals surface area contributed by atoms with Gasteiger partial charge < -0.3 is 15.1 Å². The van der Waals surface area contributed by atoms with Crippen LogP contribution < -0.4 is 10.6 Å². The third kappa shape index (κ3) is 4.88. The van der Waals surface area contributed by atoms with Crippen molar-refractivity contribution < 1.29 is 22.8 Å². The van der Waals surface area contributed by atoms with Gasteiger partial charge in [-0.25, -0.2) is 4.98 Å². The first-order valence-corrected chi connectivity index (χ1v) is 7.82. The van der Waals surface area contributed by atoms with Crippen LogP contribution in [0.4, 0.5) is 8.78 Å². The number of amides is 2. The summed E-state index contributed by atoms with van der Waals surface area (Å²) in [4.78, 5) is 28.2. The van der Waals surface area contributed by atoms with Crippen LogP contribution >= 0.6 is 0 Å². The second-order valence-electron chi connectivity index (χ2n) is 5.74. The van der Waals surface area contributed by atoms with Gasteiger partial charge in [0.25, 0.3) is 5.91 Å². The molecule has 0 bridgehead atoms. The Hall–Kier alpha value is -2.71. The molecule has 0 aliphatic carbocycles. The van der Waals surface area contributed by atoms with Crippen molar-refractivity contribution in [2.24, 2.45) is 5.92 Å². The van der Waals surface area contributed by atoms with Crippen LogP contribution in [0.25, 0.3) is 0 Å². The Morgan fingerprint density at radius 3 is 2.72 bits per heavy atom. The molecule has 0 aliphatic heterocycles. The van der Waals surface area contributed by atoms with E-state index in [0.29, 0.717) is 0 Å². The molecule has 0 spiro atoms. The number of imidazole rings is 1. The monoisotopic (exact) mass is 354 g/mol. The third-order valence-corrected chi connectivity index (χ3v) is 3.59. The molecule has 0 aromatic carbocycles. The van der Waals surface area contributed by atoms with Gasteiger partial charge in [0.15, 0.2) is 5.76 Å². The maximum absolute atomic E-state index is 12.7. The molecule has 1 unspecified atom stereocenters. The molecule has 0 saturated carbocycles. The first-order valence-electron chi connectivity index (χ1n) is 7.82. The number of hydrogen-bond acceptors (Lipinski definition) is 4. The van der Waals surface area contributed by atoms with Crippen LogP contribution in [-0.4, -0.2) is 34.0 Å². The molecule has 7 nitrogen and oxygen atoms in total. The van der Waals surface area contributed by atoms with Crippen LogP contribution in [-0.2, 0) is 11.2 Å². The number of rotatable bonds is 8. The van der Waals surface area contributed by atoms with Gasteiger partial charge in [0.2, 0.25) is 5.91 Å². The van der Waals surface area contributed by atoms with Crippen molar-refractivity contribution >= 4 is 11.8 Å². The van der Waals surface area contributed by atoms with E-state index < -0.39 is 24.4 Å². The maximum atomic E-state index is 12.7. The largest absolute Gasteiger partial charge is 0.459 e. The highest BCUT2D eigenvalue weighted by molar-refractivity contribution is 5.95. The molecule has 2 N–H and O–H groups in total. The summed E-state index contributed by atoms with van der Waals surface area (Å²) < 4.78 is 31.2. The molecule has 2 amide bonds. The zero-order chi connectivity index (χ0) is 18.4. The Balaban J connectivity index is 1.90. The highest BCUT2D eigenvalue weighted by Crippen LogP contribution is 2.12. The summed E-state index contributed by atoms with van der Waals surface area (Å²) in [5.41, 5.74) is 0. The van der Waals surface area contributed by atoms with E-state index in [0.717, 1.165) is 4.57 Å². The summed E-state index contributed by atoms with van der Waals surface area (Å²) in [5.74, 6) is -0.771. The normalized spacial score (nSPS) is 12.4. The molecule has 2 rings (SSSR count). The highest BCUT2D eigenvalue weighted by Gasteiger charge is 2.25. The number of nitrogens with zero attached hydrogens (tertiary/aromatic N) is 2. The van der Waals surface area contributed by atoms with Crippen LogP contribution in [0.15, 0.2) is 35.2 Å². The van der Waals surface area contributed by atoms with E-state index in [4.69, 9.17) is 4.42 Å². The summed E-state index contributed by atoms with van der Waals surface area (Å²) in [7, 11) is 0. The van der Waals surface area contributed by atoms with Crippen molar-refractivity contribution in [3.8, 4) is 0 Å². The molecule has 2 aromatic heterocycles. The predicted octanol–water partition coefficient (Wildman–Crippen LogP) is 1.98. The van der Waals surface area contributed by atoms with Gasteiger partial charge in [-0.2, -0.15) is 8.78 Å². The van der Waals surface area contributed by atoms with Crippen molar-refractivity contribution in [1.82, 2.24) is 20.2 Å². The van der Waals surface area contributed by atoms with Crippen LogP contribution in [0.2, 0.25) is 0 Å². The lowest BCUT2D eigenvalue weighted by atomic mass is 10.0. The molecule has 9 heteroatoms. The minimum absolute atomic E-state index is 0.109. The van der Waals surface area contributed by atoms with Crippen LogP contribution in [0, 0.1) is 5.92 Å². The van der Waals surface area contributed by atoms with Crippen LogP contribution in [0.5, 0.6) is 0 Å². The summed E-state index contributed by atoms with van der Waals surface area (Å²) >= 11 is 0. The second kappa shape index (κ2) is 8.41. The Kier molecular flexibility index (Phi) is 6.26. The van der Waals surface area contributed by atoms with Gasteiger partial charge in [-0.1, -0.05) is 13.8 Å². The third-order valence-electron chi connectivity index (χ3n) is 3.59. The smallest absolute Gasteiger partial charge is 0.319 e. The number of nitrogens with one attached hydrogen (secondary N) is 2. The maximum Gasteiger partial charge on any atom is 0.319 e. The van der Waals surface area contributed by atoms with E-state index in [2.05, 4.69) is 15.6 Å². The molecule has 25 heavy (non-hydrogen) atoms. The fourth-order valence-corrected chi connectivity index (χ4v) is 2.28. The van der Waals surface area contributed by atoms with Crippen LogP contribution in [0.1, 0.15) is 36.8 Å². The fraction of sp³-hybridized carbons (Fsp3) is 0.438. The molecule has 0 aliphatic rings. The summed E-state index contributed by atoms with van der Waals surface area (Å²) in [6.07, 6.45) is 3.98. The Morgan fingerprint density at radius 1 is 1.36 bits per heavy atom. The molecular weight excluding hydrogens is 334 g/mol. The number of hydrogen-bond donors (Lipinski definition) is 2. The topological polar surface area (TPSA) is 89.2 Å². The van der Waals surface area contributed by atoms with Gasteiger partial charge in [0, 0.05) is 25.4 Å². The first kappa shape index (κ1) is 18.6. The zero-order valence-corrected chi connectivity index (χ0v) is 13.9. The van der Waals surface area contributed by atoms with Gasteiger partial charge in [0.1, 0.15) is 11.9 Å². The van der Waals surface area contributed by atoms with E-state index in [1.165, 1.54) is 24.7 Å². The number of aromatic nitrogens is 2. The molecule has 0 saturated heterocycles. The highest BCUT2D eigenvalue weighted by atomic mass is 19.3. The molecule has 136 valence electrons. The summed E-state index contributed by atoms with van der Waals surface area (Å²) in [6, 6.07) is 2.30. The van der Waals surface area contributed by atoms with Gasteiger partial charge in [0.05, 0.1) is 6.26 Å². The Labute approximate surface area is 143 Å². The van der Waals surface area contributed by atoms with E-state index in [9.17, 15) is 18.4 Å². The Morgan fingerprint density at radius 2 is 2.12 bits per heavy atom.